The molecule has 0 unspecified atom stereocenters. The first-order valence-electron chi connectivity index (χ1n) is 6.38. The maximum atomic E-state index is 6.26. The van der Waals surface area contributed by atoms with Gasteiger partial charge in [0.05, 0.1) is 5.69 Å². The van der Waals surface area contributed by atoms with Crippen molar-refractivity contribution in [1.82, 2.24) is 14.6 Å². The van der Waals surface area contributed by atoms with Crippen molar-refractivity contribution in [3.63, 3.8) is 0 Å². The third-order valence-electron chi connectivity index (χ3n) is 3.01. The summed E-state index contributed by atoms with van der Waals surface area (Å²) < 4.78 is 1.68. The second-order valence-corrected chi connectivity index (χ2v) is 4.87. The van der Waals surface area contributed by atoms with Gasteiger partial charge in [0.1, 0.15) is 5.15 Å². The molecule has 2 heterocycles. The summed E-state index contributed by atoms with van der Waals surface area (Å²) >= 11 is 6.26. The van der Waals surface area contributed by atoms with Crippen LogP contribution in [-0.2, 0) is 6.42 Å². The minimum Gasteiger partial charge on any atom is -0.233 e. The summed E-state index contributed by atoms with van der Waals surface area (Å²) in [7, 11) is 0. The molecular weight excluding hydrogens is 258 g/mol. The van der Waals surface area contributed by atoms with Crippen LogP contribution in [0.15, 0.2) is 42.5 Å². The number of benzene rings is 1. The molecule has 4 heteroatoms. The zero-order valence-corrected chi connectivity index (χ0v) is 11.4. The summed E-state index contributed by atoms with van der Waals surface area (Å²) in [4.78, 5) is 4.59. The van der Waals surface area contributed by atoms with Gasteiger partial charge in [-0.3, -0.25) is 0 Å². The molecule has 0 amide bonds. The Morgan fingerprint density at radius 2 is 1.95 bits per heavy atom. The van der Waals surface area contributed by atoms with Crippen molar-refractivity contribution in [3.8, 4) is 11.3 Å². The van der Waals surface area contributed by atoms with Gasteiger partial charge in [-0.15, -0.1) is 0 Å². The Labute approximate surface area is 116 Å². The number of rotatable bonds is 3. The van der Waals surface area contributed by atoms with Crippen molar-refractivity contribution in [2.75, 3.05) is 0 Å². The first-order valence-corrected chi connectivity index (χ1v) is 6.76. The van der Waals surface area contributed by atoms with Crippen molar-refractivity contribution in [2.45, 2.75) is 19.8 Å². The second-order valence-electron chi connectivity index (χ2n) is 4.49. The summed E-state index contributed by atoms with van der Waals surface area (Å²) in [6, 6.07) is 13.9. The van der Waals surface area contributed by atoms with E-state index in [4.69, 9.17) is 11.6 Å². The van der Waals surface area contributed by atoms with Crippen molar-refractivity contribution in [2.24, 2.45) is 0 Å². The Morgan fingerprint density at radius 1 is 1.16 bits per heavy atom. The molecule has 0 radical (unpaired) electrons. The molecule has 0 atom stereocenters. The lowest BCUT2D eigenvalue weighted by atomic mass is 10.2. The number of hydrogen-bond donors (Lipinski definition) is 0. The molecule has 0 aliphatic heterocycles. The molecule has 96 valence electrons. The molecule has 19 heavy (non-hydrogen) atoms. The van der Waals surface area contributed by atoms with Crippen LogP contribution in [0.1, 0.15) is 19.0 Å². The van der Waals surface area contributed by atoms with Crippen LogP contribution in [-0.4, -0.2) is 14.6 Å². The van der Waals surface area contributed by atoms with Crippen LogP contribution in [0.4, 0.5) is 0 Å². The van der Waals surface area contributed by atoms with Crippen molar-refractivity contribution < 1.29 is 0 Å². The van der Waals surface area contributed by atoms with Gasteiger partial charge in [-0.25, -0.2) is 9.50 Å². The van der Waals surface area contributed by atoms with Gasteiger partial charge in [0.25, 0.3) is 0 Å². The minimum absolute atomic E-state index is 0.607. The van der Waals surface area contributed by atoms with E-state index in [0.717, 1.165) is 35.4 Å². The maximum absolute atomic E-state index is 6.26. The highest BCUT2D eigenvalue weighted by Crippen LogP contribution is 2.21. The van der Waals surface area contributed by atoms with Crippen molar-refractivity contribution >= 4 is 17.2 Å². The van der Waals surface area contributed by atoms with Gasteiger partial charge in [0.15, 0.2) is 5.65 Å². The molecule has 3 nitrogen and oxygen atoms in total. The fourth-order valence-electron chi connectivity index (χ4n) is 2.12. The topological polar surface area (TPSA) is 30.2 Å². The number of halogens is 1. The highest BCUT2D eigenvalue weighted by molar-refractivity contribution is 6.29. The van der Waals surface area contributed by atoms with Crippen LogP contribution in [0.5, 0.6) is 0 Å². The van der Waals surface area contributed by atoms with Crippen LogP contribution in [0.25, 0.3) is 16.9 Å². The van der Waals surface area contributed by atoms with Crippen LogP contribution in [0, 0.1) is 0 Å². The van der Waals surface area contributed by atoms with E-state index in [2.05, 4.69) is 17.0 Å². The average molecular weight is 272 g/mol. The monoisotopic (exact) mass is 271 g/mol. The fraction of sp³-hybridized carbons (Fsp3) is 0.200. The van der Waals surface area contributed by atoms with Gasteiger partial charge in [-0.1, -0.05) is 55.3 Å². The molecule has 0 N–H and O–H groups in total. The van der Waals surface area contributed by atoms with E-state index in [-0.39, 0.29) is 0 Å². The smallest absolute Gasteiger partial charge is 0.157 e. The maximum Gasteiger partial charge on any atom is 0.157 e. The van der Waals surface area contributed by atoms with Gasteiger partial charge < -0.3 is 0 Å². The Hall–Kier alpha value is -1.87. The highest BCUT2D eigenvalue weighted by Gasteiger charge is 2.09. The van der Waals surface area contributed by atoms with E-state index in [1.165, 1.54) is 0 Å². The Kier molecular flexibility index (Phi) is 3.22. The fourth-order valence-corrected chi connectivity index (χ4v) is 2.37. The normalized spacial score (nSPS) is 11.1. The molecule has 1 aromatic carbocycles. The summed E-state index contributed by atoms with van der Waals surface area (Å²) in [5, 5.41) is 5.11. The van der Waals surface area contributed by atoms with Crippen molar-refractivity contribution in [1.29, 1.82) is 0 Å². The number of aryl methyl sites for hydroxylation is 1. The number of nitrogens with zero attached hydrogens (tertiary/aromatic N) is 3. The zero-order chi connectivity index (χ0) is 13.2. The first kappa shape index (κ1) is 12.2. The molecule has 0 spiro atoms. The van der Waals surface area contributed by atoms with Crippen molar-refractivity contribution in [3.05, 3.63) is 53.3 Å². The highest BCUT2D eigenvalue weighted by atomic mass is 35.5. The lowest BCUT2D eigenvalue weighted by Gasteiger charge is -2.01. The minimum atomic E-state index is 0.607. The van der Waals surface area contributed by atoms with E-state index in [0.29, 0.717) is 5.15 Å². The lowest BCUT2D eigenvalue weighted by molar-refractivity contribution is 0.859. The van der Waals surface area contributed by atoms with Crippen LogP contribution in [0.3, 0.4) is 0 Å². The average Bonchev–Trinajstić information content (AvgIpc) is 2.85. The van der Waals surface area contributed by atoms with Crippen LogP contribution in [0.2, 0.25) is 5.15 Å². The van der Waals surface area contributed by atoms with Gasteiger partial charge in [0, 0.05) is 17.3 Å². The van der Waals surface area contributed by atoms with Crippen LogP contribution >= 0.6 is 11.6 Å². The Bertz CT molecular complexity index is 704. The molecular formula is C15H14ClN3. The summed E-state index contributed by atoms with van der Waals surface area (Å²) in [5.41, 5.74) is 3.78. The molecule has 0 aliphatic carbocycles. The van der Waals surface area contributed by atoms with E-state index < -0.39 is 0 Å². The van der Waals surface area contributed by atoms with Gasteiger partial charge in [-0.2, -0.15) is 5.10 Å². The van der Waals surface area contributed by atoms with E-state index in [1.54, 1.807) is 4.52 Å². The molecule has 3 aromatic rings. The van der Waals surface area contributed by atoms with Gasteiger partial charge in [-0.05, 0) is 12.5 Å². The standard InChI is InChI=1S/C15H14ClN3/c1-2-6-12-9-14(16)19-15(17-12)10-13(18-19)11-7-4-3-5-8-11/h3-5,7-10H,2,6H2,1H3. The van der Waals surface area contributed by atoms with Gasteiger partial charge >= 0.3 is 0 Å². The second kappa shape index (κ2) is 5.02. The predicted molar refractivity (Wildman–Crippen MR) is 77.4 cm³/mol. The summed E-state index contributed by atoms with van der Waals surface area (Å²) in [6.07, 6.45) is 1.99. The lowest BCUT2D eigenvalue weighted by Crippen LogP contribution is -1.97. The molecule has 0 bridgehead atoms. The molecule has 0 fully saturated rings. The summed E-state index contributed by atoms with van der Waals surface area (Å²) in [5.74, 6) is 0. The quantitative estimate of drug-likeness (QED) is 0.674. The predicted octanol–water partition coefficient (Wildman–Crippen LogP) is 4.00. The molecule has 0 aliphatic rings. The van der Waals surface area contributed by atoms with E-state index in [1.807, 2.05) is 42.5 Å². The molecule has 0 saturated heterocycles. The molecule has 3 rings (SSSR count). The van der Waals surface area contributed by atoms with Crippen LogP contribution < -0.4 is 0 Å². The number of fused-ring (bicyclic) bond motifs is 1. The number of aromatic nitrogens is 3. The Balaban J connectivity index is 2.13. The zero-order valence-electron chi connectivity index (χ0n) is 10.7. The third-order valence-corrected chi connectivity index (χ3v) is 3.28. The Morgan fingerprint density at radius 3 is 2.68 bits per heavy atom. The largest absolute Gasteiger partial charge is 0.233 e. The molecule has 2 aromatic heterocycles. The van der Waals surface area contributed by atoms with E-state index >= 15 is 0 Å². The first-order chi connectivity index (χ1) is 9.28. The van der Waals surface area contributed by atoms with E-state index in [9.17, 15) is 0 Å². The third kappa shape index (κ3) is 2.34. The van der Waals surface area contributed by atoms with Gasteiger partial charge in [0.2, 0.25) is 0 Å². The molecule has 0 saturated carbocycles. The SMILES string of the molecule is CCCc1cc(Cl)n2nc(-c3ccccc3)cc2n1. The number of hydrogen-bond acceptors (Lipinski definition) is 2. The summed E-state index contributed by atoms with van der Waals surface area (Å²) in [6.45, 7) is 2.13.